The van der Waals surface area contributed by atoms with E-state index in [1.54, 1.807) is 20.8 Å². The van der Waals surface area contributed by atoms with Gasteiger partial charge in [0.1, 0.15) is 0 Å². The van der Waals surface area contributed by atoms with Crippen LogP contribution < -0.4 is 5.32 Å². The van der Waals surface area contributed by atoms with Gasteiger partial charge in [0.25, 0.3) is 0 Å². The van der Waals surface area contributed by atoms with Gasteiger partial charge in [-0.2, -0.15) is 0 Å². The maximum Gasteiger partial charge on any atom is 0.408 e. The van der Waals surface area contributed by atoms with E-state index in [2.05, 4.69) is 14.8 Å². The smallest absolute Gasteiger partial charge is 0.408 e. The van der Waals surface area contributed by atoms with Crippen molar-refractivity contribution in [3.8, 4) is 0 Å². The molecule has 1 unspecified atom stereocenters. The lowest BCUT2D eigenvalue weighted by atomic mass is 10.1. The first-order chi connectivity index (χ1) is 7.56. The van der Waals surface area contributed by atoms with E-state index in [0.29, 0.717) is 0 Å². The highest BCUT2D eigenvalue weighted by Gasteiger charge is 2.28. The zero-order chi connectivity index (χ0) is 12.6. The number of nitrogens with one attached hydrogen (secondary N) is 1. The summed E-state index contributed by atoms with van der Waals surface area (Å²) < 4.78 is 9.26. The second-order valence-corrected chi connectivity index (χ2v) is 2.87. The van der Waals surface area contributed by atoms with Crippen LogP contribution in [0.4, 0.5) is 4.79 Å². The zero-order valence-corrected chi connectivity index (χ0v) is 9.74. The Balaban J connectivity index is 4.49. The normalized spacial score (nSPS) is 11.4. The predicted molar refractivity (Wildman–Crippen MR) is 55.9 cm³/mol. The highest BCUT2D eigenvalue weighted by Crippen LogP contribution is 1.96. The second kappa shape index (κ2) is 7.67. The first-order valence-electron chi connectivity index (χ1n) is 5.19. The topological polar surface area (TPSA) is 81.7 Å². The Morgan fingerprint density at radius 3 is 2.06 bits per heavy atom. The number of hydrogen-bond acceptors (Lipinski definition) is 5. The number of amides is 1. The van der Waals surface area contributed by atoms with Crippen LogP contribution in [0.25, 0.3) is 0 Å². The van der Waals surface area contributed by atoms with Crippen LogP contribution in [0.2, 0.25) is 0 Å². The number of esters is 1. The minimum atomic E-state index is -1.27. The van der Waals surface area contributed by atoms with Crippen LogP contribution in [0.15, 0.2) is 0 Å². The van der Waals surface area contributed by atoms with Crippen LogP contribution in [-0.4, -0.2) is 37.1 Å². The van der Waals surface area contributed by atoms with Crippen molar-refractivity contribution in [3.63, 3.8) is 0 Å². The number of ether oxygens (including phenoxy) is 2. The summed E-state index contributed by atoms with van der Waals surface area (Å²) in [5, 5.41) is 2.17. The molecule has 0 aromatic carbocycles. The molecule has 1 N–H and O–H groups in total. The summed E-state index contributed by atoms with van der Waals surface area (Å²) in [5.74, 6) is -1.17. The summed E-state index contributed by atoms with van der Waals surface area (Å²) in [6, 6.07) is -1.27. The van der Waals surface area contributed by atoms with Gasteiger partial charge in [0.05, 0.1) is 13.2 Å². The molecule has 0 saturated heterocycles. The summed E-state index contributed by atoms with van der Waals surface area (Å²) in [7, 11) is 0. The third-order valence-corrected chi connectivity index (χ3v) is 1.73. The van der Waals surface area contributed by atoms with Crippen molar-refractivity contribution in [1.29, 1.82) is 0 Å². The van der Waals surface area contributed by atoms with Crippen LogP contribution in [0.3, 0.4) is 0 Å². The molecule has 0 fully saturated rings. The Hall–Kier alpha value is -1.59. The lowest BCUT2D eigenvalue weighted by molar-refractivity contribution is -0.148. The molecule has 16 heavy (non-hydrogen) atoms. The SMILES string of the molecule is CCOC(=O)NC(C(=O)CC)C(=O)OCC. The molecule has 6 heteroatoms. The summed E-state index contributed by atoms with van der Waals surface area (Å²) in [5.41, 5.74) is 0. The van der Waals surface area contributed by atoms with Crippen molar-refractivity contribution in [1.82, 2.24) is 5.32 Å². The molecular weight excluding hydrogens is 214 g/mol. The molecule has 6 nitrogen and oxygen atoms in total. The van der Waals surface area contributed by atoms with Crippen molar-refractivity contribution in [2.24, 2.45) is 0 Å². The molecule has 0 aliphatic carbocycles. The average Bonchev–Trinajstić information content (AvgIpc) is 2.25. The van der Waals surface area contributed by atoms with Gasteiger partial charge in [-0.3, -0.25) is 4.79 Å². The molecule has 0 spiro atoms. The van der Waals surface area contributed by atoms with E-state index in [9.17, 15) is 14.4 Å². The fourth-order valence-electron chi connectivity index (χ4n) is 0.991. The van der Waals surface area contributed by atoms with Crippen molar-refractivity contribution in [2.45, 2.75) is 33.2 Å². The van der Waals surface area contributed by atoms with E-state index < -0.39 is 23.9 Å². The summed E-state index contributed by atoms with van der Waals surface area (Å²) in [4.78, 5) is 33.9. The van der Waals surface area contributed by atoms with E-state index in [1.807, 2.05) is 0 Å². The molecule has 0 radical (unpaired) electrons. The number of alkyl carbamates (subject to hydrolysis) is 1. The van der Waals surface area contributed by atoms with E-state index in [0.717, 1.165) is 0 Å². The Labute approximate surface area is 94.3 Å². The Bertz CT molecular complexity index is 264. The maximum absolute atomic E-state index is 11.4. The third kappa shape index (κ3) is 4.77. The summed E-state index contributed by atoms with van der Waals surface area (Å²) in [6.07, 6.45) is -0.669. The quantitative estimate of drug-likeness (QED) is 0.536. The lowest BCUT2D eigenvalue weighted by Gasteiger charge is -2.14. The molecule has 0 aliphatic rings. The Morgan fingerprint density at radius 1 is 1.06 bits per heavy atom. The van der Waals surface area contributed by atoms with E-state index in [-0.39, 0.29) is 19.6 Å². The van der Waals surface area contributed by atoms with Crippen molar-refractivity contribution < 1.29 is 23.9 Å². The van der Waals surface area contributed by atoms with Gasteiger partial charge in [0, 0.05) is 6.42 Å². The van der Waals surface area contributed by atoms with E-state index >= 15 is 0 Å². The number of carbonyl (C=O) groups excluding carboxylic acids is 3. The highest BCUT2D eigenvalue weighted by molar-refractivity contribution is 6.05. The van der Waals surface area contributed by atoms with Crippen molar-refractivity contribution in [3.05, 3.63) is 0 Å². The van der Waals surface area contributed by atoms with Crippen LogP contribution in [0.5, 0.6) is 0 Å². The van der Waals surface area contributed by atoms with Crippen molar-refractivity contribution >= 4 is 17.8 Å². The minimum Gasteiger partial charge on any atom is -0.464 e. The molecule has 0 saturated carbocycles. The van der Waals surface area contributed by atoms with Gasteiger partial charge in [0.15, 0.2) is 11.8 Å². The average molecular weight is 231 g/mol. The van der Waals surface area contributed by atoms with Crippen LogP contribution in [0.1, 0.15) is 27.2 Å². The number of carbonyl (C=O) groups is 3. The molecule has 1 atom stereocenters. The van der Waals surface area contributed by atoms with Crippen LogP contribution in [-0.2, 0) is 19.1 Å². The van der Waals surface area contributed by atoms with Gasteiger partial charge in [-0.1, -0.05) is 6.92 Å². The van der Waals surface area contributed by atoms with Gasteiger partial charge in [-0.05, 0) is 13.8 Å². The monoisotopic (exact) mass is 231 g/mol. The second-order valence-electron chi connectivity index (χ2n) is 2.87. The summed E-state index contributed by atoms with van der Waals surface area (Å²) >= 11 is 0. The van der Waals surface area contributed by atoms with Gasteiger partial charge < -0.3 is 14.8 Å². The molecular formula is C10H17NO5. The summed E-state index contributed by atoms with van der Waals surface area (Å²) in [6.45, 7) is 5.16. The predicted octanol–water partition coefficient (Wildman–Crippen LogP) is 0.643. The molecule has 0 aromatic heterocycles. The first-order valence-corrected chi connectivity index (χ1v) is 5.19. The van der Waals surface area contributed by atoms with Gasteiger partial charge in [0.2, 0.25) is 0 Å². The highest BCUT2D eigenvalue weighted by atomic mass is 16.6. The molecule has 0 rings (SSSR count). The molecule has 92 valence electrons. The largest absolute Gasteiger partial charge is 0.464 e. The maximum atomic E-state index is 11.4. The molecule has 0 heterocycles. The standard InChI is InChI=1S/C10H17NO5/c1-4-7(12)8(9(13)15-5-2)11-10(14)16-6-3/h8H,4-6H2,1-3H3,(H,11,14). The van der Waals surface area contributed by atoms with Gasteiger partial charge >= 0.3 is 12.1 Å². The minimum absolute atomic E-state index is 0.135. The van der Waals surface area contributed by atoms with Crippen molar-refractivity contribution in [2.75, 3.05) is 13.2 Å². The number of Topliss-reactive ketones (excluding diaryl/α,β-unsaturated/α-hetero) is 1. The molecule has 0 bridgehead atoms. The molecule has 0 aromatic rings. The lowest BCUT2D eigenvalue weighted by Crippen LogP contribution is -2.47. The molecule has 0 aliphatic heterocycles. The van der Waals surface area contributed by atoms with Gasteiger partial charge in [-0.15, -0.1) is 0 Å². The fourth-order valence-corrected chi connectivity index (χ4v) is 0.991. The Morgan fingerprint density at radius 2 is 1.62 bits per heavy atom. The first kappa shape index (κ1) is 14.4. The van der Waals surface area contributed by atoms with Gasteiger partial charge in [-0.25, -0.2) is 9.59 Å². The zero-order valence-electron chi connectivity index (χ0n) is 9.74. The van der Waals surface area contributed by atoms with Crippen LogP contribution >= 0.6 is 0 Å². The van der Waals surface area contributed by atoms with Crippen LogP contribution in [0, 0.1) is 0 Å². The molecule has 1 amide bonds. The van der Waals surface area contributed by atoms with E-state index in [4.69, 9.17) is 0 Å². The number of hydrogen-bond donors (Lipinski definition) is 1. The third-order valence-electron chi connectivity index (χ3n) is 1.73. The number of ketones is 1. The fraction of sp³-hybridized carbons (Fsp3) is 0.700. The number of rotatable bonds is 6. The van der Waals surface area contributed by atoms with E-state index in [1.165, 1.54) is 0 Å². The Kier molecular flexibility index (Phi) is 6.91.